The minimum absolute atomic E-state index is 0. The highest BCUT2D eigenvalue weighted by molar-refractivity contribution is 7.84. The van der Waals surface area contributed by atoms with Crippen molar-refractivity contribution in [2.24, 2.45) is 0 Å². The molecular formula is C28H30IP. The summed E-state index contributed by atoms with van der Waals surface area (Å²) < 4.78 is 0. The van der Waals surface area contributed by atoms with E-state index in [9.17, 15) is 0 Å². The van der Waals surface area contributed by atoms with Crippen LogP contribution in [0.15, 0.2) is 108 Å². The van der Waals surface area contributed by atoms with Crippen LogP contribution in [0.4, 0.5) is 0 Å². The van der Waals surface area contributed by atoms with Gasteiger partial charge in [0.05, 0.1) is 30.9 Å². The smallest absolute Gasteiger partial charge is 0.0892 e. The van der Waals surface area contributed by atoms with Crippen LogP contribution in [0.25, 0.3) is 18.2 Å². The van der Waals surface area contributed by atoms with E-state index in [1.54, 1.807) is 0 Å². The predicted octanol–water partition coefficient (Wildman–Crippen LogP) is 5.82. The molecule has 0 spiro atoms. The molecule has 0 N–H and O–H groups in total. The number of halogens is 1. The lowest BCUT2D eigenvalue weighted by atomic mass is 10.2. The van der Waals surface area contributed by atoms with Crippen LogP contribution in [-0.4, -0.2) is 6.16 Å². The normalized spacial score (nSPS) is 11.9. The van der Waals surface area contributed by atoms with Gasteiger partial charge >= 0.3 is 0 Å². The van der Waals surface area contributed by atoms with Crippen LogP contribution in [0.3, 0.4) is 0 Å². The highest BCUT2D eigenvalue weighted by Crippen LogP contribution is 2.65. The van der Waals surface area contributed by atoms with E-state index in [1.165, 1.54) is 35.7 Å². The Labute approximate surface area is 199 Å². The molecule has 0 fully saturated rings. The highest BCUT2D eigenvalue weighted by atomic mass is 127. The molecule has 0 saturated heterocycles. The summed E-state index contributed by atoms with van der Waals surface area (Å²) in [6.45, 7) is 2.28. The summed E-state index contributed by atoms with van der Waals surface area (Å²) in [5.41, 5.74) is 3.78. The van der Waals surface area contributed by atoms with Crippen molar-refractivity contribution in [1.82, 2.24) is 0 Å². The molecule has 0 aromatic heterocycles. The summed E-state index contributed by atoms with van der Waals surface area (Å²) in [6, 6.07) is 31.9. The molecule has 0 nitrogen and oxygen atoms in total. The quantitative estimate of drug-likeness (QED) is 0.245. The van der Waals surface area contributed by atoms with Crippen molar-refractivity contribution in [2.75, 3.05) is 6.16 Å². The average molecular weight is 524 g/mol. The van der Waals surface area contributed by atoms with Gasteiger partial charge < -0.3 is 24.0 Å². The van der Waals surface area contributed by atoms with E-state index in [4.69, 9.17) is 0 Å². The maximum absolute atomic E-state index is 2.47. The lowest BCUT2D eigenvalue weighted by molar-refractivity contribution is -0.00000572. The van der Waals surface area contributed by atoms with E-state index in [1.807, 2.05) is 0 Å². The van der Waals surface area contributed by atoms with Gasteiger partial charge in [0.15, 0.2) is 0 Å². The van der Waals surface area contributed by atoms with E-state index < -0.39 is 7.26 Å². The lowest BCUT2D eigenvalue weighted by Crippen LogP contribution is -3.00. The molecule has 0 amide bonds. The molecule has 0 aliphatic rings. The summed E-state index contributed by atoms with van der Waals surface area (Å²) in [5.74, 6) is 7.41. The van der Waals surface area contributed by atoms with Crippen molar-refractivity contribution in [2.45, 2.75) is 19.8 Å². The number of unbranched alkanes of at least 4 members (excludes halogenated alkanes) is 1. The molecule has 154 valence electrons. The number of hydrogen-bond acceptors (Lipinski definition) is 0. The van der Waals surface area contributed by atoms with Gasteiger partial charge in [0.2, 0.25) is 0 Å². The van der Waals surface area contributed by atoms with Crippen LogP contribution in [0.2, 0.25) is 0 Å². The zero-order chi connectivity index (χ0) is 20.2. The monoisotopic (exact) mass is 524 g/mol. The first-order valence-corrected chi connectivity index (χ1v) is 12.6. The molecule has 0 radical (unpaired) electrons. The number of rotatable bonds is 9. The molecule has 3 aromatic carbocycles. The molecule has 0 saturated carbocycles. The molecule has 3 rings (SSSR count). The van der Waals surface area contributed by atoms with Gasteiger partial charge in [-0.2, -0.15) is 0 Å². The van der Waals surface area contributed by atoms with Gasteiger partial charge in [-0.15, -0.1) is 0 Å². The molecule has 0 unspecified atom stereocenters. The van der Waals surface area contributed by atoms with Crippen LogP contribution in [0.1, 0.15) is 36.5 Å². The molecule has 0 aliphatic carbocycles. The Morgan fingerprint density at radius 1 is 0.567 bits per heavy atom. The second-order valence-electron chi connectivity index (χ2n) is 7.25. The van der Waals surface area contributed by atoms with Gasteiger partial charge in [-0.05, 0) is 41.3 Å². The largest absolute Gasteiger partial charge is 1.00 e. The first-order valence-electron chi connectivity index (χ1n) is 10.4. The maximum atomic E-state index is 2.47. The standard InChI is InChI=1S/C28H30P.HI/c1-2-3-22-29(23-19-26-13-7-4-8-14-26,24-20-27-15-9-5-10-16-27)25-21-28-17-11-6-12-18-28;/h4-21,23-25H,2-3,22H2,1H3;1H/q+1;/p-1/b23-19+,24-20+,25-21+;. The average Bonchev–Trinajstić information content (AvgIpc) is 2.80. The SMILES string of the molecule is CCCC[P+](/C=C/c1ccccc1)(/C=C/c1ccccc1)/C=C/c1ccccc1.[I-]. The Balaban J connectivity index is 0.00000320. The predicted molar refractivity (Wildman–Crippen MR) is 133 cm³/mol. The molecule has 0 bridgehead atoms. The van der Waals surface area contributed by atoms with Crippen LogP contribution in [0, 0.1) is 0 Å². The molecule has 3 aromatic rings. The van der Waals surface area contributed by atoms with Crippen LogP contribution >= 0.6 is 7.26 Å². The first kappa shape index (κ1) is 24.3. The van der Waals surface area contributed by atoms with Crippen molar-refractivity contribution in [1.29, 1.82) is 0 Å². The highest BCUT2D eigenvalue weighted by Gasteiger charge is 2.28. The first-order chi connectivity index (χ1) is 14.3. The lowest BCUT2D eigenvalue weighted by Gasteiger charge is -2.16. The van der Waals surface area contributed by atoms with E-state index in [0.717, 1.165) is 0 Å². The molecule has 2 heteroatoms. The Morgan fingerprint density at radius 3 is 1.20 bits per heavy atom. The van der Waals surface area contributed by atoms with Crippen LogP contribution in [0.5, 0.6) is 0 Å². The summed E-state index contributed by atoms with van der Waals surface area (Å²) in [4.78, 5) is 0. The van der Waals surface area contributed by atoms with Crippen molar-refractivity contribution in [3.63, 3.8) is 0 Å². The van der Waals surface area contributed by atoms with Crippen molar-refractivity contribution < 1.29 is 24.0 Å². The molecule has 0 atom stereocenters. The maximum Gasteiger partial charge on any atom is 0.0892 e. The Kier molecular flexibility index (Phi) is 10.8. The van der Waals surface area contributed by atoms with Gasteiger partial charge in [0.1, 0.15) is 0 Å². The Morgan fingerprint density at radius 2 is 0.900 bits per heavy atom. The third-order valence-corrected chi connectivity index (χ3v) is 8.13. The molecular weight excluding hydrogens is 494 g/mol. The van der Waals surface area contributed by atoms with E-state index in [-0.39, 0.29) is 24.0 Å². The van der Waals surface area contributed by atoms with E-state index in [2.05, 4.69) is 134 Å². The minimum Gasteiger partial charge on any atom is -1.00 e. The van der Waals surface area contributed by atoms with Crippen LogP contribution < -0.4 is 24.0 Å². The zero-order valence-electron chi connectivity index (χ0n) is 17.6. The topological polar surface area (TPSA) is 0 Å². The Hall–Kier alpha value is -1.96. The van der Waals surface area contributed by atoms with Crippen molar-refractivity contribution in [3.8, 4) is 0 Å². The summed E-state index contributed by atoms with van der Waals surface area (Å²) >= 11 is 0. The molecule has 0 heterocycles. The summed E-state index contributed by atoms with van der Waals surface area (Å²) in [7, 11) is -1.55. The molecule has 30 heavy (non-hydrogen) atoms. The van der Waals surface area contributed by atoms with Crippen LogP contribution in [-0.2, 0) is 0 Å². The second kappa shape index (κ2) is 13.4. The fraction of sp³-hybridized carbons (Fsp3) is 0.143. The molecule has 0 aliphatic heterocycles. The summed E-state index contributed by atoms with van der Waals surface area (Å²) in [6.07, 6.45) is 10.5. The van der Waals surface area contributed by atoms with Gasteiger partial charge in [0, 0.05) is 0 Å². The van der Waals surface area contributed by atoms with E-state index >= 15 is 0 Å². The number of benzene rings is 3. The van der Waals surface area contributed by atoms with Gasteiger partial charge in [-0.1, -0.05) is 104 Å². The van der Waals surface area contributed by atoms with Crippen molar-refractivity contribution in [3.05, 3.63) is 125 Å². The van der Waals surface area contributed by atoms with Gasteiger partial charge in [-0.25, -0.2) is 0 Å². The van der Waals surface area contributed by atoms with Gasteiger partial charge in [-0.3, -0.25) is 0 Å². The fourth-order valence-corrected chi connectivity index (χ4v) is 6.13. The fourth-order valence-electron chi connectivity index (χ4n) is 3.17. The minimum atomic E-state index is -1.55. The third-order valence-electron chi connectivity index (χ3n) is 4.93. The zero-order valence-corrected chi connectivity index (χ0v) is 20.6. The Bertz CT molecular complexity index is 808. The van der Waals surface area contributed by atoms with E-state index in [0.29, 0.717) is 0 Å². The van der Waals surface area contributed by atoms with Crippen molar-refractivity contribution >= 4 is 25.5 Å². The number of hydrogen-bond donors (Lipinski definition) is 0. The third kappa shape index (κ3) is 8.05. The summed E-state index contributed by atoms with van der Waals surface area (Å²) in [5, 5.41) is 0. The van der Waals surface area contributed by atoms with Gasteiger partial charge in [0.25, 0.3) is 0 Å². The second-order valence-corrected chi connectivity index (χ2v) is 10.6.